The standard InChI is InChI=1S/C25H30ClFN4O3/c1-14(2)20(29-23(32)15(3)28-4)25(34)31-13-12-16-8-5-6-9-17(16)22(31)24(33)30-21-18(26)10-7-11-19(21)27/h5-11,14-15,20,22,28H,12-13H2,1-4H3,(H,29,32)(H,30,33). The Bertz CT molecular complexity index is 1060. The van der Waals surface area contributed by atoms with Crippen LogP contribution in [-0.2, 0) is 20.8 Å². The smallest absolute Gasteiger partial charge is 0.251 e. The van der Waals surface area contributed by atoms with Crippen LogP contribution in [0.4, 0.5) is 10.1 Å². The number of nitrogens with zero attached hydrogens (tertiary/aromatic N) is 1. The Morgan fingerprint density at radius 2 is 1.79 bits per heavy atom. The zero-order valence-electron chi connectivity index (χ0n) is 19.7. The maximum Gasteiger partial charge on any atom is 0.251 e. The van der Waals surface area contributed by atoms with E-state index in [1.165, 1.54) is 23.1 Å². The lowest BCUT2D eigenvalue weighted by atomic mass is 9.90. The van der Waals surface area contributed by atoms with E-state index in [1.54, 1.807) is 26.1 Å². The summed E-state index contributed by atoms with van der Waals surface area (Å²) < 4.78 is 14.4. The molecule has 0 aromatic heterocycles. The van der Waals surface area contributed by atoms with E-state index < -0.39 is 29.8 Å². The number of rotatable bonds is 7. The third-order valence-electron chi connectivity index (χ3n) is 6.08. The summed E-state index contributed by atoms with van der Waals surface area (Å²) in [6.07, 6.45) is 0.553. The number of carbonyl (C=O) groups is 3. The molecule has 0 saturated heterocycles. The number of nitrogens with one attached hydrogen (secondary N) is 3. The van der Waals surface area contributed by atoms with Gasteiger partial charge in [-0.1, -0.05) is 55.8 Å². The van der Waals surface area contributed by atoms with Gasteiger partial charge >= 0.3 is 0 Å². The number of anilines is 1. The predicted molar refractivity (Wildman–Crippen MR) is 130 cm³/mol. The maximum absolute atomic E-state index is 14.4. The lowest BCUT2D eigenvalue weighted by Crippen LogP contribution is -2.57. The van der Waals surface area contributed by atoms with Crippen LogP contribution in [0.15, 0.2) is 42.5 Å². The number of likely N-dealkylation sites (N-methyl/N-ethyl adjacent to an activating group) is 1. The highest BCUT2D eigenvalue weighted by molar-refractivity contribution is 6.33. The monoisotopic (exact) mass is 488 g/mol. The average Bonchev–Trinajstić information content (AvgIpc) is 2.82. The minimum atomic E-state index is -1.01. The molecule has 3 rings (SSSR count). The van der Waals surface area contributed by atoms with Gasteiger partial charge < -0.3 is 20.9 Å². The van der Waals surface area contributed by atoms with Crippen molar-refractivity contribution < 1.29 is 18.8 Å². The van der Waals surface area contributed by atoms with Gasteiger partial charge in [0.1, 0.15) is 17.9 Å². The highest BCUT2D eigenvalue weighted by Crippen LogP contribution is 2.33. The molecule has 2 aromatic rings. The summed E-state index contributed by atoms with van der Waals surface area (Å²) in [6, 6.07) is 9.15. The average molecular weight is 489 g/mol. The Hall–Kier alpha value is -2.97. The third kappa shape index (κ3) is 5.39. The topological polar surface area (TPSA) is 90.5 Å². The molecule has 0 radical (unpaired) electrons. The Balaban J connectivity index is 1.97. The quantitative estimate of drug-likeness (QED) is 0.558. The molecule has 1 aliphatic heterocycles. The molecule has 3 atom stereocenters. The molecule has 9 heteroatoms. The van der Waals surface area contributed by atoms with E-state index in [4.69, 9.17) is 11.6 Å². The molecule has 0 fully saturated rings. The van der Waals surface area contributed by atoms with Crippen molar-refractivity contribution in [3.63, 3.8) is 0 Å². The van der Waals surface area contributed by atoms with Gasteiger partial charge in [0.05, 0.1) is 16.8 Å². The minimum absolute atomic E-state index is 0.0590. The van der Waals surface area contributed by atoms with Crippen LogP contribution in [-0.4, -0.2) is 48.3 Å². The second-order valence-electron chi connectivity index (χ2n) is 8.71. The molecule has 1 heterocycles. The summed E-state index contributed by atoms with van der Waals surface area (Å²) in [6.45, 7) is 5.64. The molecule has 0 aliphatic carbocycles. The number of benzene rings is 2. The minimum Gasteiger partial charge on any atom is -0.343 e. The third-order valence-corrected chi connectivity index (χ3v) is 6.40. The molecule has 2 aromatic carbocycles. The fraction of sp³-hybridized carbons (Fsp3) is 0.400. The molecule has 0 spiro atoms. The van der Waals surface area contributed by atoms with Crippen molar-refractivity contribution in [1.29, 1.82) is 0 Å². The van der Waals surface area contributed by atoms with Gasteiger partial charge in [0.15, 0.2) is 0 Å². The van der Waals surface area contributed by atoms with Crippen molar-refractivity contribution in [2.45, 2.75) is 45.3 Å². The van der Waals surface area contributed by atoms with Crippen LogP contribution < -0.4 is 16.0 Å². The molecule has 7 nitrogen and oxygen atoms in total. The van der Waals surface area contributed by atoms with Gasteiger partial charge in [0.2, 0.25) is 11.8 Å². The molecule has 3 amide bonds. The number of para-hydroxylation sites is 1. The van der Waals surface area contributed by atoms with Gasteiger partial charge in [0.25, 0.3) is 5.91 Å². The predicted octanol–water partition coefficient (Wildman–Crippen LogP) is 3.29. The summed E-state index contributed by atoms with van der Waals surface area (Å²) in [5, 5.41) is 8.30. The number of amides is 3. The van der Waals surface area contributed by atoms with Crippen molar-refractivity contribution >= 4 is 35.0 Å². The number of fused-ring (bicyclic) bond motifs is 1. The van der Waals surface area contributed by atoms with Gasteiger partial charge in [0, 0.05) is 6.54 Å². The number of carbonyl (C=O) groups excluding carboxylic acids is 3. The highest BCUT2D eigenvalue weighted by Gasteiger charge is 2.40. The van der Waals surface area contributed by atoms with E-state index in [9.17, 15) is 18.8 Å². The molecule has 0 bridgehead atoms. The summed E-state index contributed by atoms with van der Waals surface area (Å²) in [5.74, 6) is -2.16. The maximum atomic E-state index is 14.4. The van der Waals surface area contributed by atoms with Gasteiger partial charge in [-0.25, -0.2) is 4.39 Å². The fourth-order valence-corrected chi connectivity index (χ4v) is 4.21. The van der Waals surface area contributed by atoms with Crippen molar-refractivity contribution in [1.82, 2.24) is 15.5 Å². The molecule has 3 N–H and O–H groups in total. The Morgan fingerprint density at radius 1 is 1.09 bits per heavy atom. The molecule has 3 unspecified atom stereocenters. The van der Waals surface area contributed by atoms with Crippen LogP contribution in [0.5, 0.6) is 0 Å². The van der Waals surface area contributed by atoms with Crippen LogP contribution in [0.1, 0.15) is 37.9 Å². The van der Waals surface area contributed by atoms with Crippen molar-refractivity contribution in [3.8, 4) is 0 Å². The van der Waals surface area contributed by atoms with Crippen LogP contribution in [0.25, 0.3) is 0 Å². The molecular formula is C25H30ClFN4O3. The summed E-state index contributed by atoms with van der Waals surface area (Å²) in [7, 11) is 1.66. The summed E-state index contributed by atoms with van der Waals surface area (Å²) >= 11 is 6.12. The summed E-state index contributed by atoms with van der Waals surface area (Å²) in [5.41, 5.74) is 1.45. The van der Waals surface area contributed by atoms with Crippen LogP contribution in [0.2, 0.25) is 5.02 Å². The van der Waals surface area contributed by atoms with Crippen molar-refractivity contribution in [2.24, 2.45) is 5.92 Å². The van der Waals surface area contributed by atoms with Crippen LogP contribution in [0.3, 0.4) is 0 Å². The zero-order chi connectivity index (χ0) is 25.0. The first-order chi connectivity index (χ1) is 16.1. The van der Waals surface area contributed by atoms with E-state index in [1.807, 2.05) is 26.0 Å². The normalized spacial score (nSPS) is 17.0. The van der Waals surface area contributed by atoms with E-state index in [0.29, 0.717) is 12.0 Å². The molecule has 34 heavy (non-hydrogen) atoms. The van der Waals surface area contributed by atoms with Crippen molar-refractivity contribution in [3.05, 3.63) is 64.4 Å². The lowest BCUT2D eigenvalue weighted by Gasteiger charge is -2.39. The number of halogens is 2. The van der Waals surface area contributed by atoms with Crippen LogP contribution >= 0.6 is 11.6 Å². The fourth-order valence-electron chi connectivity index (χ4n) is 4.00. The highest BCUT2D eigenvalue weighted by atomic mass is 35.5. The van der Waals surface area contributed by atoms with Crippen molar-refractivity contribution in [2.75, 3.05) is 18.9 Å². The van der Waals surface area contributed by atoms with E-state index >= 15 is 0 Å². The second kappa shape index (κ2) is 11.0. The van der Waals surface area contributed by atoms with Gasteiger partial charge in [-0.3, -0.25) is 14.4 Å². The molecule has 182 valence electrons. The molecular weight excluding hydrogens is 459 g/mol. The zero-order valence-corrected chi connectivity index (χ0v) is 20.4. The number of hydrogen-bond donors (Lipinski definition) is 3. The Kier molecular flexibility index (Phi) is 8.28. The summed E-state index contributed by atoms with van der Waals surface area (Å²) in [4.78, 5) is 41.2. The second-order valence-corrected chi connectivity index (χ2v) is 9.12. The van der Waals surface area contributed by atoms with E-state index in [2.05, 4.69) is 16.0 Å². The van der Waals surface area contributed by atoms with Gasteiger partial charge in [-0.2, -0.15) is 0 Å². The lowest BCUT2D eigenvalue weighted by molar-refractivity contribution is -0.144. The molecule has 0 saturated carbocycles. The first-order valence-corrected chi connectivity index (χ1v) is 11.6. The van der Waals surface area contributed by atoms with Crippen LogP contribution in [0, 0.1) is 11.7 Å². The SMILES string of the molecule is CNC(C)C(=O)NC(C(=O)N1CCc2ccccc2C1C(=O)Nc1c(F)cccc1Cl)C(C)C. The van der Waals surface area contributed by atoms with Gasteiger partial charge in [-0.15, -0.1) is 0 Å². The van der Waals surface area contributed by atoms with E-state index in [-0.39, 0.29) is 35.0 Å². The van der Waals surface area contributed by atoms with E-state index in [0.717, 1.165) is 5.56 Å². The first-order valence-electron chi connectivity index (χ1n) is 11.3. The van der Waals surface area contributed by atoms with Gasteiger partial charge in [-0.05, 0) is 49.6 Å². The Morgan fingerprint density at radius 3 is 2.44 bits per heavy atom. The Labute approximate surface area is 204 Å². The molecule has 1 aliphatic rings. The first kappa shape index (κ1) is 25.6. The number of hydrogen-bond acceptors (Lipinski definition) is 4. The largest absolute Gasteiger partial charge is 0.343 e.